The zero-order chi connectivity index (χ0) is 11.3. The van der Waals surface area contributed by atoms with Gasteiger partial charge in [-0.25, -0.2) is 0 Å². The standard InChI is InChI=1S/C12H17ClOS/c1-3-9(2)8-15-12-5-4-11(13)6-10(12)7-14/h4-6,9,14H,3,7-8H2,1-2H3. The molecule has 0 aromatic heterocycles. The summed E-state index contributed by atoms with van der Waals surface area (Å²) < 4.78 is 0. The first-order valence-electron chi connectivity index (χ1n) is 5.19. The third-order valence-corrected chi connectivity index (χ3v) is 4.09. The maximum Gasteiger partial charge on any atom is 0.0693 e. The monoisotopic (exact) mass is 244 g/mol. The molecule has 0 aliphatic heterocycles. The summed E-state index contributed by atoms with van der Waals surface area (Å²) in [6.07, 6.45) is 1.19. The minimum atomic E-state index is 0.0589. The van der Waals surface area contributed by atoms with Gasteiger partial charge < -0.3 is 5.11 Å². The normalized spacial score (nSPS) is 12.8. The Bertz CT molecular complexity index is 314. The van der Waals surface area contributed by atoms with Crippen molar-refractivity contribution in [3.05, 3.63) is 28.8 Å². The fourth-order valence-corrected chi connectivity index (χ4v) is 2.53. The fraction of sp³-hybridized carbons (Fsp3) is 0.500. The van der Waals surface area contributed by atoms with Crippen LogP contribution in [0.1, 0.15) is 25.8 Å². The van der Waals surface area contributed by atoms with Gasteiger partial charge in [-0.2, -0.15) is 0 Å². The van der Waals surface area contributed by atoms with Gasteiger partial charge >= 0.3 is 0 Å². The average molecular weight is 245 g/mol. The zero-order valence-corrected chi connectivity index (χ0v) is 10.7. The topological polar surface area (TPSA) is 20.2 Å². The van der Waals surface area contributed by atoms with Crippen LogP contribution in [0.3, 0.4) is 0 Å². The number of halogens is 1. The van der Waals surface area contributed by atoms with E-state index in [0.29, 0.717) is 10.9 Å². The first kappa shape index (κ1) is 12.9. The van der Waals surface area contributed by atoms with Crippen LogP contribution in [-0.2, 0) is 6.61 Å². The third-order valence-electron chi connectivity index (χ3n) is 2.41. The number of thioether (sulfide) groups is 1. The molecule has 1 atom stereocenters. The van der Waals surface area contributed by atoms with Gasteiger partial charge in [0, 0.05) is 15.7 Å². The van der Waals surface area contributed by atoms with Crippen molar-refractivity contribution in [2.45, 2.75) is 31.8 Å². The molecule has 0 heterocycles. The Morgan fingerprint density at radius 3 is 2.80 bits per heavy atom. The molecule has 1 unspecified atom stereocenters. The fourth-order valence-electron chi connectivity index (χ4n) is 1.16. The van der Waals surface area contributed by atoms with Crippen LogP contribution in [0.25, 0.3) is 0 Å². The molecule has 0 radical (unpaired) electrons. The van der Waals surface area contributed by atoms with Gasteiger partial charge in [0.2, 0.25) is 0 Å². The number of benzene rings is 1. The Balaban J connectivity index is 2.67. The van der Waals surface area contributed by atoms with Gasteiger partial charge in [-0.1, -0.05) is 31.9 Å². The Morgan fingerprint density at radius 1 is 1.47 bits per heavy atom. The van der Waals surface area contributed by atoms with E-state index in [-0.39, 0.29) is 6.61 Å². The summed E-state index contributed by atoms with van der Waals surface area (Å²) in [5.74, 6) is 1.79. The summed E-state index contributed by atoms with van der Waals surface area (Å²) in [6.45, 7) is 4.49. The van der Waals surface area contributed by atoms with E-state index in [9.17, 15) is 5.11 Å². The van der Waals surface area contributed by atoms with E-state index in [2.05, 4.69) is 13.8 Å². The molecule has 0 saturated heterocycles. The predicted octanol–water partition coefficient (Wildman–Crippen LogP) is 3.97. The molecule has 0 spiro atoms. The van der Waals surface area contributed by atoms with E-state index in [1.54, 1.807) is 11.8 Å². The van der Waals surface area contributed by atoms with E-state index >= 15 is 0 Å². The molecule has 15 heavy (non-hydrogen) atoms. The first-order valence-corrected chi connectivity index (χ1v) is 6.55. The molecule has 0 bridgehead atoms. The van der Waals surface area contributed by atoms with Crippen LogP contribution in [0, 0.1) is 5.92 Å². The van der Waals surface area contributed by atoms with Gasteiger partial charge in [0.1, 0.15) is 0 Å². The van der Waals surface area contributed by atoms with Crippen molar-refractivity contribution in [1.29, 1.82) is 0 Å². The number of hydrogen-bond donors (Lipinski definition) is 1. The smallest absolute Gasteiger partial charge is 0.0693 e. The largest absolute Gasteiger partial charge is 0.392 e. The highest BCUT2D eigenvalue weighted by Gasteiger charge is 2.05. The lowest BCUT2D eigenvalue weighted by Crippen LogP contribution is -1.96. The second kappa shape index (κ2) is 6.41. The lowest BCUT2D eigenvalue weighted by atomic mass is 10.2. The van der Waals surface area contributed by atoms with Crippen molar-refractivity contribution < 1.29 is 5.11 Å². The highest BCUT2D eigenvalue weighted by Crippen LogP contribution is 2.27. The van der Waals surface area contributed by atoms with E-state index in [0.717, 1.165) is 16.2 Å². The van der Waals surface area contributed by atoms with E-state index in [1.807, 2.05) is 18.2 Å². The molecular weight excluding hydrogens is 228 g/mol. The van der Waals surface area contributed by atoms with Crippen molar-refractivity contribution >= 4 is 23.4 Å². The molecule has 0 aliphatic rings. The Hall–Kier alpha value is -0.180. The highest BCUT2D eigenvalue weighted by molar-refractivity contribution is 7.99. The van der Waals surface area contributed by atoms with Crippen LogP contribution >= 0.6 is 23.4 Å². The molecule has 84 valence electrons. The van der Waals surface area contributed by atoms with E-state index < -0.39 is 0 Å². The van der Waals surface area contributed by atoms with Crippen LogP contribution in [0.4, 0.5) is 0 Å². The Labute approximate surface area is 101 Å². The Kier molecular flexibility index (Phi) is 5.51. The number of hydrogen-bond acceptors (Lipinski definition) is 2. The zero-order valence-electron chi connectivity index (χ0n) is 9.16. The lowest BCUT2D eigenvalue weighted by Gasteiger charge is -2.10. The molecule has 0 saturated carbocycles. The molecule has 0 amide bonds. The molecule has 1 N–H and O–H groups in total. The van der Waals surface area contributed by atoms with Crippen molar-refractivity contribution in [1.82, 2.24) is 0 Å². The van der Waals surface area contributed by atoms with Crippen molar-refractivity contribution in [2.75, 3.05) is 5.75 Å². The SMILES string of the molecule is CCC(C)CSc1ccc(Cl)cc1CO. The Morgan fingerprint density at radius 2 is 2.20 bits per heavy atom. The number of rotatable bonds is 5. The molecule has 0 fully saturated rings. The summed E-state index contributed by atoms with van der Waals surface area (Å²) in [7, 11) is 0. The van der Waals surface area contributed by atoms with Crippen LogP contribution in [0.2, 0.25) is 5.02 Å². The van der Waals surface area contributed by atoms with Crippen LogP contribution in [-0.4, -0.2) is 10.9 Å². The first-order chi connectivity index (χ1) is 7.17. The summed E-state index contributed by atoms with van der Waals surface area (Å²) in [4.78, 5) is 1.14. The minimum Gasteiger partial charge on any atom is -0.392 e. The van der Waals surface area contributed by atoms with E-state index in [1.165, 1.54) is 6.42 Å². The molecule has 1 aromatic rings. The molecule has 1 rings (SSSR count). The molecule has 0 aliphatic carbocycles. The summed E-state index contributed by atoms with van der Waals surface area (Å²) >= 11 is 7.66. The van der Waals surface area contributed by atoms with Crippen LogP contribution in [0.5, 0.6) is 0 Å². The minimum absolute atomic E-state index is 0.0589. The van der Waals surface area contributed by atoms with Crippen LogP contribution in [0.15, 0.2) is 23.1 Å². The third kappa shape index (κ3) is 4.06. The van der Waals surface area contributed by atoms with Gasteiger partial charge in [0.25, 0.3) is 0 Å². The maximum absolute atomic E-state index is 9.19. The van der Waals surface area contributed by atoms with E-state index in [4.69, 9.17) is 11.6 Å². The van der Waals surface area contributed by atoms with Gasteiger partial charge in [0.05, 0.1) is 6.61 Å². The van der Waals surface area contributed by atoms with Crippen molar-refractivity contribution in [3.63, 3.8) is 0 Å². The molecule has 1 aromatic carbocycles. The van der Waals surface area contributed by atoms with Crippen LogP contribution < -0.4 is 0 Å². The second-order valence-corrected chi connectivity index (χ2v) is 5.23. The summed E-state index contributed by atoms with van der Waals surface area (Å²) in [6, 6.07) is 5.70. The second-order valence-electron chi connectivity index (χ2n) is 3.73. The van der Waals surface area contributed by atoms with Crippen molar-refractivity contribution in [3.8, 4) is 0 Å². The molecular formula is C12H17ClOS. The van der Waals surface area contributed by atoms with Gasteiger partial charge in [-0.05, 0) is 29.7 Å². The molecule has 3 heteroatoms. The highest BCUT2D eigenvalue weighted by atomic mass is 35.5. The lowest BCUT2D eigenvalue weighted by molar-refractivity contribution is 0.279. The number of aliphatic hydroxyl groups excluding tert-OH is 1. The average Bonchev–Trinajstić information content (AvgIpc) is 2.26. The quantitative estimate of drug-likeness (QED) is 0.791. The van der Waals surface area contributed by atoms with Gasteiger partial charge in [-0.15, -0.1) is 11.8 Å². The van der Waals surface area contributed by atoms with Gasteiger partial charge in [0.15, 0.2) is 0 Å². The summed E-state index contributed by atoms with van der Waals surface area (Å²) in [5, 5.41) is 9.88. The van der Waals surface area contributed by atoms with Crippen molar-refractivity contribution in [2.24, 2.45) is 5.92 Å². The van der Waals surface area contributed by atoms with Gasteiger partial charge in [-0.3, -0.25) is 0 Å². The molecule has 1 nitrogen and oxygen atoms in total. The number of aliphatic hydroxyl groups is 1. The summed E-state index contributed by atoms with van der Waals surface area (Å²) in [5.41, 5.74) is 0.927. The predicted molar refractivity (Wildman–Crippen MR) is 67.6 cm³/mol. The maximum atomic E-state index is 9.19.